The summed E-state index contributed by atoms with van der Waals surface area (Å²) in [6.45, 7) is -0.0172. The number of aromatic nitrogens is 2. The Morgan fingerprint density at radius 3 is 2.60 bits per heavy atom. The number of benzene rings is 2. The molecule has 2 heterocycles. The van der Waals surface area contributed by atoms with Crippen molar-refractivity contribution >= 4 is 5.91 Å². The van der Waals surface area contributed by atoms with Gasteiger partial charge in [0.2, 0.25) is 5.88 Å². The summed E-state index contributed by atoms with van der Waals surface area (Å²) in [7, 11) is 1.46. The minimum Gasteiger partial charge on any atom is -0.487 e. The Balaban J connectivity index is 1.51. The van der Waals surface area contributed by atoms with Gasteiger partial charge in [0.25, 0.3) is 5.91 Å². The first-order chi connectivity index (χ1) is 14.5. The van der Waals surface area contributed by atoms with E-state index in [4.69, 9.17) is 9.47 Å². The van der Waals surface area contributed by atoms with Gasteiger partial charge in [-0.3, -0.25) is 4.79 Å². The van der Waals surface area contributed by atoms with E-state index in [1.165, 1.54) is 25.3 Å². The highest BCUT2D eigenvalue weighted by molar-refractivity contribution is 5.94. The van der Waals surface area contributed by atoms with Gasteiger partial charge in [-0.15, -0.1) is 10.2 Å². The molecular formula is C21H16F3N3O3. The largest absolute Gasteiger partial charge is 0.487 e. The fourth-order valence-corrected chi connectivity index (χ4v) is 3.28. The zero-order valence-electron chi connectivity index (χ0n) is 15.8. The molecule has 0 bridgehead atoms. The van der Waals surface area contributed by atoms with Gasteiger partial charge < -0.3 is 14.8 Å². The quantitative estimate of drug-likeness (QED) is 0.692. The molecule has 1 aromatic heterocycles. The van der Waals surface area contributed by atoms with E-state index in [1.807, 2.05) is 0 Å². The summed E-state index contributed by atoms with van der Waals surface area (Å²) in [5.41, 5.74) is 0.742. The molecule has 1 unspecified atom stereocenters. The number of halogens is 3. The number of ether oxygens (including phenoxy) is 2. The Hall–Kier alpha value is -3.62. The summed E-state index contributed by atoms with van der Waals surface area (Å²) in [6.07, 6.45) is -0.227. The van der Waals surface area contributed by atoms with E-state index < -0.39 is 35.0 Å². The number of hydrogen-bond acceptors (Lipinski definition) is 5. The van der Waals surface area contributed by atoms with Gasteiger partial charge in [0.15, 0.2) is 0 Å². The molecule has 2 aromatic carbocycles. The maximum absolute atomic E-state index is 14.1. The molecule has 0 aliphatic carbocycles. The number of nitrogens with one attached hydrogen (secondary N) is 1. The average molecular weight is 415 g/mol. The van der Waals surface area contributed by atoms with Crippen molar-refractivity contribution in [2.75, 3.05) is 13.7 Å². The topological polar surface area (TPSA) is 73.3 Å². The first kappa shape index (κ1) is 19.7. The van der Waals surface area contributed by atoms with E-state index in [0.29, 0.717) is 34.9 Å². The van der Waals surface area contributed by atoms with Crippen LogP contribution in [0, 0.1) is 17.5 Å². The van der Waals surface area contributed by atoms with E-state index in [0.717, 1.165) is 12.1 Å². The SMILES string of the molecule is COc1ccc(-c2cc(F)cc3c2OC(CNC(=O)c2c(F)cccc2F)C3)nn1. The van der Waals surface area contributed by atoms with Gasteiger partial charge in [0, 0.05) is 23.6 Å². The Morgan fingerprint density at radius 1 is 1.17 bits per heavy atom. The molecule has 6 nitrogen and oxygen atoms in total. The summed E-state index contributed by atoms with van der Waals surface area (Å²) >= 11 is 0. The van der Waals surface area contributed by atoms with Crippen LogP contribution in [0.15, 0.2) is 42.5 Å². The maximum atomic E-state index is 14.1. The first-order valence-electron chi connectivity index (χ1n) is 9.05. The summed E-state index contributed by atoms with van der Waals surface area (Å²) in [5, 5.41) is 10.4. The van der Waals surface area contributed by atoms with Crippen molar-refractivity contribution < 1.29 is 27.4 Å². The number of carbonyl (C=O) groups excluding carboxylic acids is 1. The van der Waals surface area contributed by atoms with Crippen molar-refractivity contribution in [2.24, 2.45) is 0 Å². The van der Waals surface area contributed by atoms with Crippen LogP contribution in [0.3, 0.4) is 0 Å². The van der Waals surface area contributed by atoms with Gasteiger partial charge >= 0.3 is 0 Å². The Bertz CT molecular complexity index is 1090. The fraction of sp³-hybridized carbons (Fsp3) is 0.190. The minimum atomic E-state index is -0.953. The molecule has 1 aliphatic heterocycles. The van der Waals surface area contributed by atoms with Crippen molar-refractivity contribution in [3.8, 4) is 22.9 Å². The number of carbonyl (C=O) groups is 1. The molecule has 0 saturated carbocycles. The molecule has 0 saturated heterocycles. The van der Waals surface area contributed by atoms with Crippen LogP contribution in [0.1, 0.15) is 15.9 Å². The van der Waals surface area contributed by atoms with Gasteiger partial charge in [-0.1, -0.05) is 6.07 Å². The Morgan fingerprint density at radius 2 is 1.93 bits per heavy atom. The minimum absolute atomic E-state index is 0.0172. The monoisotopic (exact) mass is 415 g/mol. The van der Waals surface area contributed by atoms with Gasteiger partial charge in [0.1, 0.15) is 34.9 Å². The molecule has 1 N–H and O–H groups in total. The number of amides is 1. The van der Waals surface area contributed by atoms with E-state index >= 15 is 0 Å². The number of methoxy groups -OCH3 is 1. The number of fused-ring (bicyclic) bond motifs is 1. The number of nitrogens with zero attached hydrogens (tertiary/aromatic N) is 2. The fourth-order valence-electron chi connectivity index (χ4n) is 3.28. The van der Waals surface area contributed by atoms with Crippen molar-refractivity contribution in [1.82, 2.24) is 15.5 Å². The summed E-state index contributed by atoms with van der Waals surface area (Å²) < 4.78 is 52.5. The standard InChI is InChI=1S/C21H16F3N3O3/c1-29-18-6-5-17(26-27-18)14-9-12(22)7-11-8-13(30-20(11)14)10-25-21(28)19-15(23)3-2-4-16(19)24/h2-7,9,13H,8,10H2,1H3,(H,25,28). The molecule has 1 aliphatic rings. The van der Waals surface area contributed by atoms with Crippen molar-refractivity contribution in [3.05, 3.63) is 71.0 Å². The molecule has 0 spiro atoms. The number of rotatable bonds is 5. The lowest BCUT2D eigenvalue weighted by Crippen LogP contribution is -2.35. The van der Waals surface area contributed by atoms with Gasteiger partial charge in [-0.05, 0) is 30.3 Å². The lowest BCUT2D eigenvalue weighted by Gasteiger charge is -2.14. The molecule has 0 radical (unpaired) electrons. The molecule has 9 heteroatoms. The third kappa shape index (κ3) is 3.78. The van der Waals surface area contributed by atoms with Gasteiger partial charge in [-0.25, -0.2) is 13.2 Å². The maximum Gasteiger partial charge on any atom is 0.257 e. The van der Waals surface area contributed by atoms with Crippen LogP contribution in [0.4, 0.5) is 13.2 Å². The smallest absolute Gasteiger partial charge is 0.257 e. The zero-order chi connectivity index (χ0) is 21.3. The van der Waals surface area contributed by atoms with Crippen molar-refractivity contribution in [3.63, 3.8) is 0 Å². The van der Waals surface area contributed by atoms with Gasteiger partial charge in [0.05, 0.1) is 19.3 Å². The second-order valence-electron chi connectivity index (χ2n) is 6.65. The molecule has 0 fully saturated rings. The lowest BCUT2D eigenvalue weighted by molar-refractivity contribution is 0.0925. The third-order valence-electron chi connectivity index (χ3n) is 4.67. The van der Waals surface area contributed by atoms with Crippen LogP contribution < -0.4 is 14.8 Å². The van der Waals surface area contributed by atoms with Crippen molar-refractivity contribution in [1.29, 1.82) is 0 Å². The van der Waals surface area contributed by atoms with Crippen molar-refractivity contribution in [2.45, 2.75) is 12.5 Å². The number of hydrogen-bond donors (Lipinski definition) is 1. The van der Waals surface area contributed by atoms with E-state index in [2.05, 4.69) is 15.5 Å². The summed E-state index contributed by atoms with van der Waals surface area (Å²) in [6, 6.07) is 9.03. The molecule has 154 valence electrons. The Labute approximate surface area is 169 Å². The lowest BCUT2D eigenvalue weighted by atomic mass is 10.0. The van der Waals surface area contributed by atoms with Crippen LogP contribution >= 0.6 is 0 Å². The summed E-state index contributed by atoms with van der Waals surface area (Å²) in [5.74, 6) is -2.53. The highest BCUT2D eigenvalue weighted by Crippen LogP contribution is 2.39. The van der Waals surface area contributed by atoms with Crippen LogP contribution in [0.2, 0.25) is 0 Å². The predicted molar refractivity (Wildman–Crippen MR) is 101 cm³/mol. The summed E-state index contributed by atoms with van der Waals surface area (Å²) in [4.78, 5) is 12.2. The molecule has 1 atom stereocenters. The normalized spacial score (nSPS) is 14.7. The average Bonchev–Trinajstić information content (AvgIpc) is 3.14. The molecule has 3 aromatic rings. The molecule has 4 rings (SSSR count). The van der Waals surface area contributed by atoms with Crippen LogP contribution in [0.25, 0.3) is 11.3 Å². The third-order valence-corrected chi connectivity index (χ3v) is 4.67. The Kier molecular flexibility index (Phi) is 5.26. The van der Waals surface area contributed by atoms with Crippen LogP contribution in [-0.4, -0.2) is 35.9 Å². The van der Waals surface area contributed by atoms with Gasteiger partial charge in [-0.2, -0.15) is 0 Å². The van der Waals surface area contributed by atoms with E-state index in [-0.39, 0.29) is 6.54 Å². The second kappa shape index (κ2) is 8.02. The first-order valence-corrected chi connectivity index (χ1v) is 9.05. The highest BCUT2D eigenvalue weighted by atomic mass is 19.1. The zero-order valence-corrected chi connectivity index (χ0v) is 15.8. The van der Waals surface area contributed by atoms with E-state index in [9.17, 15) is 18.0 Å². The molecule has 30 heavy (non-hydrogen) atoms. The highest BCUT2D eigenvalue weighted by Gasteiger charge is 2.28. The van der Waals surface area contributed by atoms with Crippen LogP contribution in [0.5, 0.6) is 11.6 Å². The molecule has 1 amide bonds. The second-order valence-corrected chi connectivity index (χ2v) is 6.65. The van der Waals surface area contributed by atoms with E-state index in [1.54, 1.807) is 12.1 Å². The predicted octanol–water partition coefficient (Wildman–Crippen LogP) is 3.30. The molecular weight excluding hydrogens is 399 g/mol. The van der Waals surface area contributed by atoms with Crippen LogP contribution in [-0.2, 0) is 6.42 Å².